The zero-order valence-electron chi connectivity index (χ0n) is 12.5. The summed E-state index contributed by atoms with van der Waals surface area (Å²) in [4.78, 5) is 14.8. The molecule has 1 N–H and O–H groups in total. The second-order valence-electron chi connectivity index (χ2n) is 5.36. The van der Waals surface area contributed by atoms with Gasteiger partial charge in [0.25, 0.3) is 11.9 Å². The van der Waals surface area contributed by atoms with Gasteiger partial charge >= 0.3 is 0 Å². The van der Waals surface area contributed by atoms with E-state index in [9.17, 15) is 18.0 Å². The molecule has 2 aromatic carbocycles. The van der Waals surface area contributed by atoms with Gasteiger partial charge in [-0.05, 0) is 18.2 Å². The van der Waals surface area contributed by atoms with E-state index in [4.69, 9.17) is 4.42 Å². The zero-order chi connectivity index (χ0) is 17.6. The van der Waals surface area contributed by atoms with E-state index in [2.05, 4.69) is 10.3 Å². The van der Waals surface area contributed by atoms with E-state index in [-0.39, 0.29) is 0 Å². The van der Waals surface area contributed by atoms with Gasteiger partial charge in [-0.2, -0.15) is 13.8 Å². The van der Waals surface area contributed by atoms with Crippen molar-refractivity contribution in [1.29, 1.82) is 0 Å². The average Bonchev–Trinajstić information content (AvgIpc) is 2.95. The Labute approximate surface area is 138 Å². The highest BCUT2D eigenvalue weighted by Gasteiger charge is 2.19. The number of rotatable bonds is 2. The molecule has 0 bridgehead atoms. The molecule has 4 nitrogen and oxygen atoms in total. The first-order chi connectivity index (χ1) is 12.0. The maximum Gasteiger partial charge on any atom is 0.258 e. The molecule has 2 heterocycles. The second kappa shape index (κ2) is 5.62. The molecule has 0 saturated carbocycles. The lowest BCUT2D eigenvalue weighted by molar-refractivity contribution is 0.102. The number of carbonyl (C=O) groups excluding carboxylic acids is 1. The van der Waals surface area contributed by atoms with Gasteiger partial charge in [0.2, 0.25) is 5.95 Å². The van der Waals surface area contributed by atoms with Gasteiger partial charge in [0.15, 0.2) is 5.82 Å². The van der Waals surface area contributed by atoms with Crippen molar-refractivity contribution in [3.05, 3.63) is 71.8 Å². The summed E-state index contributed by atoms with van der Waals surface area (Å²) >= 11 is 0. The van der Waals surface area contributed by atoms with Crippen LogP contribution in [0.5, 0.6) is 0 Å². The molecule has 7 heteroatoms. The van der Waals surface area contributed by atoms with Crippen LogP contribution in [0.3, 0.4) is 0 Å². The number of hydrogen-bond donors (Lipinski definition) is 1. The molecule has 25 heavy (non-hydrogen) atoms. The number of nitrogens with zero attached hydrogens (tertiary/aromatic N) is 1. The van der Waals surface area contributed by atoms with Crippen molar-refractivity contribution in [1.82, 2.24) is 4.98 Å². The van der Waals surface area contributed by atoms with Crippen LogP contribution in [0, 0.1) is 17.7 Å². The van der Waals surface area contributed by atoms with Crippen molar-refractivity contribution in [2.75, 3.05) is 5.32 Å². The van der Waals surface area contributed by atoms with Crippen LogP contribution in [-0.4, -0.2) is 10.9 Å². The number of halogens is 3. The molecular weight excluding hydrogens is 333 g/mol. The van der Waals surface area contributed by atoms with Crippen LogP contribution in [0.1, 0.15) is 10.4 Å². The van der Waals surface area contributed by atoms with Crippen LogP contribution < -0.4 is 5.32 Å². The number of anilines is 1. The Bertz CT molecular complexity index is 1140. The van der Waals surface area contributed by atoms with Crippen LogP contribution in [0.15, 0.2) is 52.9 Å². The number of para-hydroxylation sites is 1. The molecule has 0 aliphatic carbocycles. The Morgan fingerprint density at radius 1 is 0.960 bits per heavy atom. The number of aromatic nitrogens is 1. The second-order valence-corrected chi connectivity index (χ2v) is 5.36. The smallest absolute Gasteiger partial charge is 0.258 e. The van der Waals surface area contributed by atoms with Crippen LogP contribution in [0.2, 0.25) is 0 Å². The Morgan fingerprint density at radius 2 is 1.72 bits per heavy atom. The van der Waals surface area contributed by atoms with E-state index >= 15 is 0 Å². The Hall–Kier alpha value is -3.35. The van der Waals surface area contributed by atoms with Gasteiger partial charge in [-0.1, -0.05) is 18.2 Å². The van der Waals surface area contributed by atoms with E-state index in [1.54, 1.807) is 18.2 Å². The number of pyridine rings is 1. The molecule has 124 valence electrons. The first kappa shape index (κ1) is 15.2. The third-order valence-electron chi connectivity index (χ3n) is 3.77. The molecule has 0 aliphatic heterocycles. The highest BCUT2D eigenvalue weighted by molar-refractivity contribution is 6.08. The summed E-state index contributed by atoms with van der Waals surface area (Å²) < 4.78 is 45.6. The molecule has 1 amide bonds. The fraction of sp³-hybridized carbons (Fsp3) is 0. The van der Waals surface area contributed by atoms with Crippen molar-refractivity contribution in [2.45, 2.75) is 0 Å². The van der Waals surface area contributed by atoms with Crippen molar-refractivity contribution in [2.24, 2.45) is 0 Å². The Morgan fingerprint density at radius 3 is 2.56 bits per heavy atom. The minimum atomic E-state index is -1.67. The zero-order valence-corrected chi connectivity index (χ0v) is 12.5. The fourth-order valence-electron chi connectivity index (χ4n) is 2.64. The average molecular weight is 342 g/mol. The van der Waals surface area contributed by atoms with Crippen molar-refractivity contribution >= 4 is 33.5 Å². The van der Waals surface area contributed by atoms with Crippen LogP contribution in [-0.2, 0) is 0 Å². The minimum absolute atomic E-state index is 0.300. The Balaban J connectivity index is 1.71. The quantitative estimate of drug-likeness (QED) is 0.540. The summed E-state index contributed by atoms with van der Waals surface area (Å²) in [5, 5.41) is 4.15. The first-order valence-electron chi connectivity index (χ1n) is 7.27. The number of carbonyl (C=O) groups is 1. The van der Waals surface area contributed by atoms with Crippen molar-refractivity contribution in [3.63, 3.8) is 0 Å². The highest BCUT2D eigenvalue weighted by Crippen LogP contribution is 2.30. The molecule has 2 aromatic heterocycles. The van der Waals surface area contributed by atoms with Crippen LogP contribution in [0.4, 0.5) is 18.9 Å². The fourth-order valence-corrected chi connectivity index (χ4v) is 2.64. The maximum absolute atomic E-state index is 13.6. The topological polar surface area (TPSA) is 55.1 Å². The molecule has 4 rings (SSSR count). The molecule has 0 spiro atoms. The van der Waals surface area contributed by atoms with Gasteiger partial charge in [0, 0.05) is 28.6 Å². The summed E-state index contributed by atoms with van der Waals surface area (Å²) in [7, 11) is 0. The monoisotopic (exact) mass is 342 g/mol. The molecule has 0 radical (unpaired) electrons. The van der Waals surface area contributed by atoms with E-state index in [0.29, 0.717) is 22.9 Å². The van der Waals surface area contributed by atoms with Gasteiger partial charge in [0.05, 0.1) is 5.56 Å². The number of hydrogen-bond acceptors (Lipinski definition) is 3. The van der Waals surface area contributed by atoms with Gasteiger partial charge in [-0.15, -0.1) is 0 Å². The molecule has 0 fully saturated rings. The number of nitrogens with one attached hydrogen (secondary N) is 1. The summed E-state index contributed by atoms with van der Waals surface area (Å²) in [5.41, 5.74) is 0.736. The standard InChI is InChI=1S/C18H9F3N2O2/c19-15-8-12(16(20)17(21)23-15)18(24)22-9-5-6-11-10-3-1-2-4-13(10)25-14(11)7-9/h1-8H,(H,22,24). The number of amides is 1. The van der Waals surface area contributed by atoms with Crippen molar-refractivity contribution in [3.8, 4) is 0 Å². The van der Waals surface area contributed by atoms with Gasteiger partial charge in [-0.3, -0.25) is 4.79 Å². The van der Waals surface area contributed by atoms with Gasteiger partial charge in [0.1, 0.15) is 11.2 Å². The largest absolute Gasteiger partial charge is 0.456 e. The summed E-state index contributed by atoms with van der Waals surface area (Å²) in [6.07, 6.45) is 0. The van der Waals surface area contributed by atoms with E-state index in [0.717, 1.165) is 10.8 Å². The lowest BCUT2D eigenvalue weighted by Crippen LogP contribution is -2.16. The third kappa shape index (κ3) is 2.59. The first-order valence-corrected chi connectivity index (χ1v) is 7.27. The normalized spacial score (nSPS) is 11.2. The van der Waals surface area contributed by atoms with Gasteiger partial charge in [-0.25, -0.2) is 4.39 Å². The lowest BCUT2D eigenvalue weighted by atomic mass is 10.1. The van der Waals surface area contributed by atoms with Crippen molar-refractivity contribution < 1.29 is 22.4 Å². The van der Waals surface area contributed by atoms with E-state index in [1.807, 2.05) is 24.3 Å². The SMILES string of the molecule is O=C(Nc1ccc2c(c1)oc1ccccc12)c1cc(F)nc(F)c1F. The highest BCUT2D eigenvalue weighted by atomic mass is 19.2. The minimum Gasteiger partial charge on any atom is -0.456 e. The summed E-state index contributed by atoms with van der Waals surface area (Å²) in [5.74, 6) is -5.45. The van der Waals surface area contributed by atoms with Crippen LogP contribution >= 0.6 is 0 Å². The lowest BCUT2D eigenvalue weighted by Gasteiger charge is -2.06. The summed E-state index contributed by atoms with van der Waals surface area (Å²) in [6, 6.07) is 12.8. The molecule has 4 aromatic rings. The molecule has 0 unspecified atom stereocenters. The van der Waals surface area contributed by atoms with Gasteiger partial charge < -0.3 is 9.73 Å². The van der Waals surface area contributed by atoms with E-state index in [1.165, 1.54) is 0 Å². The number of fused-ring (bicyclic) bond motifs is 3. The maximum atomic E-state index is 13.6. The molecular formula is C18H9F3N2O2. The third-order valence-corrected chi connectivity index (χ3v) is 3.77. The number of furan rings is 1. The number of benzene rings is 2. The molecule has 0 aliphatic rings. The molecule has 0 saturated heterocycles. The predicted octanol–water partition coefficient (Wildman–Crippen LogP) is 4.65. The molecule has 0 atom stereocenters. The summed E-state index contributed by atoms with van der Waals surface area (Å²) in [6.45, 7) is 0. The Kier molecular flexibility index (Phi) is 3.42. The van der Waals surface area contributed by atoms with Crippen LogP contribution in [0.25, 0.3) is 21.9 Å². The predicted molar refractivity (Wildman–Crippen MR) is 85.8 cm³/mol. The van der Waals surface area contributed by atoms with E-state index < -0.39 is 29.2 Å².